The molecule has 0 aliphatic heterocycles. The molecule has 0 aromatic heterocycles. The van der Waals surface area contributed by atoms with Crippen molar-refractivity contribution >= 4 is 19.8 Å². The van der Waals surface area contributed by atoms with E-state index in [2.05, 4.69) is 103 Å². The summed E-state index contributed by atoms with van der Waals surface area (Å²) in [5.41, 5.74) is 0. The van der Waals surface area contributed by atoms with Gasteiger partial charge in [-0.3, -0.25) is 14.1 Å². The molecule has 0 aliphatic carbocycles. The predicted molar refractivity (Wildman–Crippen MR) is 216 cm³/mol. The number of hydrogen-bond acceptors (Lipinski definition) is 6. The van der Waals surface area contributed by atoms with E-state index in [1.165, 1.54) is 38.5 Å². The van der Waals surface area contributed by atoms with Crippen LogP contribution in [0.25, 0.3) is 0 Å². The van der Waals surface area contributed by atoms with Crippen molar-refractivity contribution in [3.8, 4) is 0 Å². The fraction of sp³-hybridized carbons (Fsp3) is 0.628. The van der Waals surface area contributed by atoms with Gasteiger partial charge in [-0.2, -0.15) is 0 Å². The maximum Gasteiger partial charge on any atom is 0.469 e. The molecule has 0 heterocycles. The first-order valence-corrected chi connectivity index (χ1v) is 21.4. The summed E-state index contributed by atoms with van der Waals surface area (Å²) in [4.78, 5) is 42.8. The molecule has 0 saturated heterocycles. The molecule has 0 aromatic carbocycles. The lowest BCUT2D eigenvalue weighted by Crippen LogP contribution is -2.29. The molecule has 0 rings (SSSR count). The maximum absolute atomic E-state index is 12.4. The summed E-state index contributed by atoms with van der Waals surface area (Å²) >= 11 is 0. The largest absolute Gasteiger partial charge is 0.469 e. The van der Waals surface area contributed by atoms with E-state index in [1.807, 2.05) is 0 Å². The molecule has 0 spiro atoms. The molecule has 0 aromatic rings. The van der Waals surface area contributed by atoms with Gasteiger partial charge in [0, 0.05) is 12.8 Å². The zero-order valence-corrected chi connectivity index (χ0v) is 33.3. The first-order valence-electron chi connectivity index (χ1n) is 19.9. The van der Waals surface area contributed by atoms with Crippen LogP contribution in [0.1, 0.15) is 155 Å². The number of hydrogen-bond donors (Lipinski definition) is 2. The molecule has 0 fully saturated rings. The SMILES string of the molecule is CC/C=C/C/C=C/C/C=C/C/C=C/C/C=C/CCCCCC(=O)OC[C@H](COP(=O)(O)O)OC(=O)CCCC/C=C/C/C=C/CCCCCCCC. The van der Waals surface area contributed by atoms with Gasteiger partial charge in [0.2, 0.25) is 0 Å². The fourth-order valence-electron chi connectivity index (χ4n) is 4.96. The summed E-state index contributed by atoms with van der Waals surface area (Å²) in [6, 6.07) is 0. The molecule has 52 heavy (non-hydrogen) atoms. The van der Waals surface area contributed by atoms with E-state index >= 15 is 0 Å². The quantitative estimate of drug-likeness (QED) is 0.0285. The Morgan fingerprint density at radius 1 is 0.519 bits per heavy atom. The first kappa shape index (κ1) is 49.2. The zero-order valence-electron chi connectivity index (χ0n) is 32.4. The average Bonchev–Trinajstić information content (AvgIpc) is 3.11. The van der Waals surface area contributed by atoms with Crippen molar-refractivity contribution in [2.75, 3.05) is 13.2 Å². The minimum atomic E-state index is -4.77. The Hall–Kier alpha value is -2.77. The number of esters is 2. The topological polar surface area (TPSA) is 119 Å². The van der Waals surface area contributed by atoms with Gasteiger partial charge >= 0.3 is 19.8 Å². The van der Waals surface area contributed by atoms with Crippen molar-refractivity contribution in [1.29, 1.82) is 0 Å². The third kappa shape index (κ3) is 40.0. The number of ether oxygens (including phenoxy) is 2. The predicted octanol–water partition coefficient (Wildman–Crippen LogP) is 12.1. The summed E-state index contributed by atoms with van der Waals surface area (Å²) in [6.07, 6.45) is 50.2. The van der Waals surface area contributed by atoms with E-state index in [0.29, 0.717) is 12.8 Å². The highest BCUT2D eigenvalue weighted by molar-refractivity contribution is 7.46. The standard InChI is InChI=1S/C43H71O8P/c1-3-5-7-9-11-13-15-17-19-20-21-22-24-25-27-29-31-33-35-37-42(44)49-39-41(40-50-52(46,47)48)51-43(45)38-36-34-32-30-28-26-23-18-16-14-12-10-8-6-4-2/h5,7,11,13,17-19,21-23,25,27-28,30,41H,3-4,6,8-10,12,14-16,20,24,26,29,31-40H2,1-2H3,(H2,46,47,48)/b7-5+,13-11+,19-17+,22-21+,23-18+,27-25+,30-28+/t41-/m1/s1. The summed E-state index contributed by atoms with van der Waals surface area (Å²) in [7, 11) is -4.77. The number of rotatable bonds is 35. The third-order valence-electron chi connectivity index (χ3n) is 7.90. The van der Waals surface area contributed by atoms with Gasteiger partial charge in [0.05, 0.1) is 6.61 Å². The maximum atomic E-state index is 12.4. The van der Waals surface area contributed by atoms with Gasteiger partial charge < -0.3 is 19.3 Å². The molecule has 296 valence electrons. The van der Waals surface area contributed by atoms with Crippen molar-refractivity contribution in [2.45, 2.75) is 161 Å². The lowest BCUT2D eigenvalue weighted by atomic mass is 10.1. The summed E-state index contributed by atoms with van der Waals surface area (Å²) in [6.45, 7) is 3.49. The van der Waals surface area contributed by atoms with Crippen molar-refractivity contribution in [2.24, 2.45) is 0 Å². The van der Waals surface area contributed by atoms with Crippen LogP contribution in [0.5, 0.6) is 0 Å². The number of carbonyl (C=O) groups excluding carboxylic acids is 2. The van der Waals surface area contributed by atoms with Crippen LogP contribution in [0.4, 0.5) is 0 Å². The smallest absolute Gasteiger partial charge is 0.462 e. The minimum absolute atomic E-state index is 0.157. The van der Waals surface area contributed by atoms with Gasteiger partial charge in [-0.05, 0) is 89.9 Å². The van der Waals surface area contributed by atoms with E-state index in [0.717, 1.165) is 77.0 Å². The Morgan fingerprint density at radius 2 is 0.923 bits per heavy atom. The molecule has 0 unspecified atom stereocenters. The fourth-order valence-corrected chi connectivity index (χ4v) is 5.32. The van der Waals surface area contributed by atoms with E-state index in [9.17, 15) is 14.2 Å². The Bertz CT molecular complexity index is 1110. The van der Waals surface area contributed by atoms with Crippen molar-refractivity contribution in [1.82, 2.24) is 0 Å². The number of unbranched alkanes of at least 4 members (excludes halogenated alkanes) is 11. The molecular formula is C43H71O8P. The minimum Gasteiger partial charge on any atom is -0.462 e. The van der Waals surface area contributed by atoms with Crippen molar-refractivity contribution in [3.05, 3.63) is 85.1 Å². The Morgan fingerprint density at radius 3 is 1.42 bits per heavy atom. The molecule has 1 atom stereocenters. The molecule has 0 radical (unpaired) electrons. The van der Waals surface area contributed by atoms with Gasteiger partial charge in [0.15, 0.2) is 6.10 Å². The zero-order chi connectivity index (χ0) is 38.2. The van der Waals surface area contributed by atoms with Gasteiger partial charge in [0.1, 0.15) is 6.61 Å². The average molecular weight is 747 g/mol. The van der Waals surface area contributed by atoms with Gasteiger partial charge in [-0.15, -0.1) is 0 Å². The summed E-state index contributed by atoms with van der Waals surface area (Å²) < 4.78 is 26.3. The Kier molecular flexibility index (Phi) is 35.9. The van der Waals surface area contributed by atoms with E-state index in [1.54, 1.807) is 0 Å². The van der Waals surface area contributed by atoms with Crippen LogP contribution in [0.2, 0.25) is 0 Å². The number of allylic oxidation sites excluding steroid dienone is 14. The highest BCUT2D eigenvalue weighted by Gasteiger charge is 2.22. The van der Waals surface area contributed by atoms with Crippen LogP contribution in [-0.4, -0.2) is 41.0 Å². The molecule has 2 N–H and O–H groups in total. The molecule has 9 heteroatoms. The highest BCUT2D eigenvalue weighted by atomic mass is 31.2. The van der Waals surface area contributed by atoms with Gasteiger partial charge in [-0.1, -0.05) is 137 Å². The van der Waals surface area contributed by atoms with E-state index in [-0.39, 0.29) is 19.4 Å². The third-order valence-corrected chi connectivity index (χ3v) is 8.38. The van der Waals surface area contributed by atoms with Crippen LogP contribution in [0, 0.1) is 0 Å². The Labute approximate surface area is 316 Å². The lowest BCUT2D eigenvalue weighted by molar-refractivity contribution is -0.161. The number of phosphoric acid groups is 1. The van der Waals surface area contributed by atoms with E-state index in [4.69, 9.17) is 19.3 Å². The van der Waals surface area contributed by atoms with Crippen LogP contribution in [0.15, 0.2) is 85.1 Å². The molecule has 0 saturated carbocycles. The Balaban J connectivity index is 4.09. The summed E-state index contributed by atoms with van der Waals surface area (Å²) in [5.74, 6) is -0.969. The second-order valence-corrected chi connectivity index (χ2v) is 14.1. The molecular weight excluding hydrogens is 675 g/mol. The first-order chi connectivity index (χ1) is 25.3. The normalized spacial score (nSPS) is 13.4. The second kappa shape index (κ2) is 38.0. The highest BCUT2D eigenvalue weighted by Crippen LogP contribution is 2.36. The molecule has 0 amide bonds. The van der Waals surface area contributed by atoms with Crippen LogP contribution in [0.3, 0.4) is 0 Å². The van der Waals surface area contributed by atoms with Gasteiger partial charge in [-0.25, -0.2) is 4.57 Å². The monoisotopic (exact) mass is 746 g/mol. The summed E-state index contributed by atoms with van der Waals surface area (Å²) in [5, 5.41) is 0. The lowest BCUT2D eigenvalue weighted by Gasteiger charge is -2.18. The van der Waals surface area contributed by atoms with Gasteiger partial charge in [0.25, 0.3) is 0 Å². The van der Waals surface area contributed by atoms with E-state index < -0.39 is 32.5 Å². The number of carbonyl (C=O) groups is 2. The molecule has 0 aliphatic rings. The molecule has 8 nitrogen and oxygen atoms in total. The van der Waals surface area contributed by atoms with Crippen LogP contribution in [-0.2, 0) is 28.2 Å². The van der Waals surface area contributed by atoms with Crippen LogP contribution >= 0.6 is 7.82 Å². The molecule has 0 bridgehead atoms. The number of phosphoric ester groups is 1. The van der Waals surface area contributed by atoms with Crippen molar-refractivity contribution in [3.63, 3.8) is 0 Å². The van der Waals surface area contributed by atoms with Crippen LogP contribution < -0.4 is 0 Å². The second-order valence-electron chi connectivity index (χ2n) is 12.9. The van der Waals surface area contributed by atoms with Crippen molar-refractivity contribution < 1.29 is 37.9 Å².